The van der Waals surface area contributed by atoms with Gasteiger partial charge in [0.05, 0.1) is 0 Å². The van der Waals surface area contributed by atoms with Crippen LogP contribution in [-0.4, -0.2) is 18.2 Å². The molecule has 86 valence electrons. The first-order chi connectivity index (χ1) is 7.50. The molecule has 0 aliphatic rings. The first-order valence-corrected chi connectivity index (χ1v) is 5.40. The van der Waals surface area contributed by atoms with Crippen molar-refractivity contribution in [1.82, 2.24) is 5.32 Å². The molecular weight excluding hydrogens is 202 g/mol. The zero-order chi connectivity index (χ0) is 12.1. The van der Waals surface area contributed by atoms with Crippen LogP contribution in [0.5, 0.6) is 0 Å². The zero-order valence-electron chi connectivity index (χ0n) is 9.91. The Morgan fingerprint density at radius 2 is 1.62 bits per heavy atom. The number of ketones is 1. The Kier molecular flexibility index (Phi) is 4.23. The predicted molar refractivity (Wildman–Crippen MR) is 63.6 cm³/mol. The summed E-state index contributed by atoms with van der Waals surface area (Å²) in [7, 11) is 0. The van der Waals surface area contributed by atoms with Gasteiger partial charge in [0.1, 0.15) is 0 Å². The number of amides is 1. The van der Waals surface area contributed by atoms with Crippen molar-refractivity contribution in [2.75, 3.05) is 6.54 Å². The first kappa shape index (κ1) is 12.4. The lowest BCUT2D eigenvalue weighted by molar-refractivity contribution is 0.0947. The monoisotopic (exact) mass is 219 g/mol. The predicted octanol–water partition coefficient (Wildman–Crippen LogP) is 2.28. The third-order valence-corrected chi connectivity index (χ3v) is 2.22. The number of carbonyl (C=O) groups is 2. The Morgan fingerprint density at radius 1 is 1.12 bits per heavy atom. The summed E-state index contributed by atoms with van der Waals surface area (Å²) < 4.78 is 0. The minimum atomic E-state index is -0.0937. The molecule has 1 aromatic carbocycles. The summed E-state index contributed by atoms with van der Waals surface area (Å²) in [6, 6.07) is 6.69. The molecule has 0 fully saturated rings. The van der Waals surface area contributed by atoms with Crippen molar-refractivity contribution in [2.45, 2.75) is 20.8 Å². The number of Topliss-reactive ketones (excluding diaryl/α,β-unsaturated/α-hetero) is 1. The van der Waals surface area contributed by atoms with Gasteiger partial charge in [0.2, 0.25) is 0 Å². The van der Waals surface area contributed by atoms with Gasteiger partial charge < -0.3 is 5.32 Å². The highest BCUT2D eigenvalue weighted by molar-refractivity contribution is 5.97. The Morgan fingerprint density at radius 3 is 2.06 bits per heavy atom. The summed E-state index contributed by atoms with van der Waals surface area (Å²) >= 11 is 0. The van der Waals surface area contributed by atoms with Crippen molar-refractivity contribution in [1.29, 1.82) is 0 Å². The molecule has 0 heterocycles. The molecule has 0 aliphatic carbocycles. The average molecular weight is 219 g/mol. The second kappa shape index (κ2) is 5.45. The van der Waals surface area contributed by atoms with E-state index in [-0.39, 0.29) is 11.7 Å². The van der Waals surface area contributed by atoms with Gasteiger partial charge in [0.15, 0.2) is 5.78 Å². The van der Waals surface area contributed by atoms with Gasteiger partial charge in [-0.3, -0.25) is 9.59 Å². The summed E-state index contributed by atoms with van der Waals surface area (Å²) in [5.74, 6) is 0.346. The maximum Gasteiger partial charge on any atom is 0.251 e. The number of carbonyl (C=O) groups excluding carboxylic acids is 2. The van der Waals surface area contributed by atoms with Gasteiger partial charge in [0, 0.05) is 17.7 Å². The van der Waals surface area contributed by atoms with E-state index in [0.717, 1.165) is 0 Å². The van der Waals surface area contributed by atoms with E-state index in [1.54, 1.807) is 24.3 Å². The van der Waals surface area contributed by atoms with E-state index in [1.807, 2.05) is 13.8 Å². The van der Waals surface area contributed by atoms with Gasteiger partial charge in [-0.05, 0) is 25.0 Å². The van der Waals surface area contributed by atoms with Crippen LogP contribution in [0.25, 0.3) is 0 Å². The fourth-order valence-corrected chi connectivity index (χ4v) is 1.26. The highest BCUT2D eigenvalue weighted by Crippen LogP contribution is 2.05. The van der Waals surface area contributed by atoms with Crippen molar-refractivity contribution in [3.8, 4) is 0 Å². The Labute approximate surface area is 95.9 Å². The highest BCUT2D eigenvalue weighted by Gasteiger charge is 2.06. The molecule has 16 heavy (non-hydrogen) atoms. The van der Waals surface area contributed by atoms with Crippen LogP contribution in [-0.2, 0) is 0 Å². The average Bonchev–Trinajstić information content (AvgIpc) is 2.26. The molecule has 0 unspecified atom stereocenters. The normalized spacial score (nSPS) is 10.2. The minimum absolute atomic E-state index is 0.00846. The van der Waals surface area contributed by atoms with Crippen LogP contribution in [0.4, 0.5) is 0 Å². The molecule has 3 heteroatoms. The van der Waals surface area contributed by atoms with Crippen LogP contribution < -0.4 is 5.32 Å². The fraction of sp³-hybridized carbons (Fsp3) is 0.385. The Balaban J connectivity index is 2.67. The SMILES string of the molecule is CC(=O)c1ccc(C(=O)NCC(C)C)cc1. The highest BCUT2D eigenvalue weighted by atomic mass is 16.1. The second-order valence-corrected chi connectivity index (χ2v) is 4.24. The van der Waals surface area contributed by atoms with Gasteiger partial charge in [0.25, 0.3) is 5.91 Å². The quantitative estimate of drug-likeness (QED) is 0.790. The molecule has 0 radical (unpaired) electrons. The molecule has 0 aromatic heterocycles. The summed E-state index contributed by atoms with van der Waals surface area (Å²) in [4.78, 5) is 22.7. The molecule has 0 spiro atoms. The number of rotatable bonds is 4. The van der Waals surface area contributed by atoms with E-state index < -0.39 is 0 Å². The Hall–Kier alpha value is -1.64. The Bertz CT molecular complexity index is 379. The van der Waals surface area contributed by atoms with Crippen molar-refractivity contribution in [2.24, 2.45) is 5.92 Å². The van der Waals surface area contributed by atoms with Crippen molar-refractivity contribution in [3.05, 3.63) is 35.4 Å². The standard InChI is InChI=1S/C13H17NO2/c1-9(2)8-14-13(16)12-6-4-11(5-7-12)10(3)15/h4-7,9H,8H2,1-3H3,(H,14,16). The van der Waals surface area contributed by atoms with Crippen LogP contribution in [0.15, 0.2) is 24.3 Å². The van der Waals surface area contributed by atoms with E-state index in [9.17, 15) is 9.59 Å². The maximum atomic E-state index is 11.6. The van der Waals surface area contributed by atoms with E-state index in [1.165, 1.54) is 6.92 Å². The number of benzene rings is 1. The topological polar surface area (TPSA) is 46.2 Å². The summed E-state index contributed by atoms with van der Waals surface area (Å²) in [5.41, 5.74) is 1.21. The lowest BCUT2D eigenvalue weighted by atomic mass is 10.1. The van der Waals surface area contributed by atoms with E-state index in [2.05, 4.69) is 5.32 Å². The van der Waals surface area contributed by atoms with E-state index in [4.69, 9.17) is 0 Å². The van der Waals surface area contributed by atoms with E-state index >= 15 is 0 Å². The molecule has 1 N–H and O–H groups in total. The summed E-state index contributed by atoms with van der Waals surface area (Å²) in [6.07, 6.45) is 0. The summed E-state index contributed by atoms with van der Waals surface area (Å²) in [5, 5.41) is 2.82. The largest absolute Gasteiger partial charge is 0.352 e. The zero-order valence-corrected chi connectivity index (χ0v) is 9.91. The number of nitrogens with one attached hydrogen (secondary N) is 1. The second-order valence-electron chi connectivity index (χ2n) is 4.24. The van der Waals surface area contributed by atoms with Crippen LogP contribution in [0.2, 0.25) is 0 Å². The van der Waals surface area contributed by atoms with Crippen LogP contribution in [0.1, 0.15) is 41.5 Å². The van der Waals surface area contributed by atoms with Crippen molar-refractivity contribution < 1.29 is 9.59 Å². The molecule has 1 aromatic rings. The molecule has 0 aliphatic heterocycles. The molecule has 1 rings (SSSR count). The lowest BCUT2D eigenvalue weighted by Crippen LogP contribution is -2.27. The third-order valence-electron chi connectivity index (χ3n) is 2.22. The first-order valence-electron chi connectivity index (χ1n) is 5.40. The fourth-order valence-electron chi connectivity index (χ4n) is 1.26. The molecule has 0 saturated heterocycles. The van der Waals surface area contributed by atoms with Gasteiger partial charge in [-0.15, -0.1) is 0 Å². The minimum Gasteiger partial charge on any atom is -0.352 e. The van der Waals surface area contributed by atoms with Gasteiger partial charge in [-0.2, -0.15) is 0 Å². The van der Waals surface area contributed by atoms with Crippen molar-refractivity contribution >= 4 is 11.7 Å². The van der Waals surface area contributed by atoms with E-state index in [0.29, 0.717) is 23.6 Å². The molecule has 0 atom stereocenters. The third kappa shape index (κ3) is 3.50. The lowest BCUT2D eigenvalue weighted by Gasteiger charge is -2.07. The molecule has 3 nitrogen and oxygen atoms in total. The smallest absolute Gasteiger partial charge is 0.251 e. The van der Waals surface area contributed by atoms with Crippen molar-refractivity contribution in [3.63, 3.8) is 0 Å². The van der Waals surface area contributed by atoms with Gasteiger partial charge in [-0.25, -0.2) is 0 Å². The molecule has 1 amide bonds. The molecule has 0 saturated carbocycles. The molecular formula is C13H17NO2. The number of hydrogen-bond acceptors (Lipinski definition) is 2. The van der Waals surface area contributed by atoms with Gasteiger partial charge in [-0.1, -0.05) is 26.0 Å². The summed E-state index contributed by atoms with van der Waals surface area (Å²) in [6.45, 7) is 6.25. The van der Waals surface area contributed by atoms with Crippen LogP contribution in [0.3, 0.4) is 0 Å². The maximum absolute atomic E-state index is 11.6. The molecule has 0 bridgehead atoms. The van der Waals surface area contributed by atoms with Crippen LogP contribution >= 0.6 is 0 Å². The number of hydrogen-bond donors (Lipinski definition) is 1. The van der Waals surface area contributed by atoms with Crippen LogP contribution in [0, 0.1) is 5.92 Å². The van der Waals surface area contributed by atoms with Gasteiger partial charge >= 0.3 is 0 Å².